The van der Waals surface area contributed by atoms with Gasteiger partial charge in [-0.05, 0) is 18.2 Å². The summed E-state index contributed by atoms with van der Waals surface area (Å²) >= 11 is 5.41. The van der Waals surface area contributed by atoms with E-state index < -0.39 is 11.7 Å². The number of hydrogen-bond donors (Lipinski definition) is 1. The highest BCUT2D eigenvalue weighted by atomic mass is 35.5. The van der Waals surface area contributed by atoms with Crippen LogP contribution >= 0.6 is 11.6 Å². The fourth-order valence-corrected chi connectivity index (χ4v) is 1.17. The van der Waals surface area contributed by atoms with Gasteiger partial charge in [0.25, 0.3) is 0 Å². The molecule has 0 amide bonds. The quantitative estimate of drug-likeness (QED) is 0.587. The van der Waals surface area contributed by atoms with Crippen LogP contribution in [0.2, 0.25) is 5.02 Å². The van der Waals surface area contributed by atoms with Gasteiger partial charge in [-0.3, -0.25) is 0 Å². The van der Waals surface area contributed by atoms with Crippen LogP contribution in [-0.4, -0.2) is 7.05 Å². The SMILES string of the molecule is CN(N)c1ccc(Cl)c(C(F)(F)F)c1. The Hall–Kier alpha value is -0.940. The number of halogens is 4. The Kier molecular flexibility index (Phi) is 2.92. The lowest BCUT2D eigenvalue weighted by Gasteiger charge is -2.15. The first-order chi connectivity index (χ1) is 6.32. The fourth-order valence-electron chi connectivity index (χ4n) is 0.950. The van der Waals surface area contributed by atoms with Crippen LogP contribution < -0.4 is 10.9 Å². The fraction of sp³-hybridized carbons (Fsp3) is 0.250. The second-order valence-electron chi connectivity index (χ2n) is 2.77. The minimum atomic E-state index is -4.46. The van der Waals surface area contributed by atoms with Crippen LogP contribution in [-0.2, 0) is 6.18 Å². The van der Waals surface area contributed by atoms with Gasteiger partial charge in [-0.2, -0.15) is 13.2 Å². The van der Waals surface area contributed by atoms with Crippen molar-refractivity contribution in [3.63, 3.8) is 0 Å². The van der Waals surface area contributed by atoms with Gasteiger partial charge < -0.3 is 5.01 Å². The standard InChI is InChI=1S/C8H8ClF3N2/c1-14(13)5-2-3-7(9)6(4-5)8(10,11)12/h2-4H,13H2,1H3. The molecule has 0 fully saturated rings. The molecule has 1 aromatic carbocycles. The van der Waals surface area contributed by atoms with E-state index in [0.29, 0.717) is 0 Å². The number of rotatable bonds is 1. The van der Waals surface area contributed by atoms with E-state index in [1.807, 2.05) is 0 Å². The topological polar surface area (TPSA) is 29.3 Å². The van der Waals surface area contributed by atoms with E-state index in [0.717, 1.165) is 11.1 Å². The van der Waals surface area contributed by atoms with E-state index in [-0.39, 0.29) is 10.7 Å². The van der Waals surface area contributed by atoms with Crippen LogP contribution in [0.5, 0.6) is 0 Å². The van der Waals surface area contributed by atoms with Crippen LogP contribution in [0.3, 0.4) is 0 Å². The Bertz CT molecular complexity index is 336. The summed E-state index contributed by atoms with van der Waals surface area (Å²) in [6.07, 6.45) is -4.46. The summed E-state index contributed by atoms with van der Waals surface area (Å²) in [5, 5.41) is 0.758. The third-order valence-corrected chi connectivity index (χ3v) is 1.99. The normalized spacial score (nSPS) is 11.6. The molecule has 0 bridgehead atoms. The maximum Gasteiger partial charge on any atom is 0.417 e. The third kappa shape index (κ3) is 2.30. The summed E-state index contributed by atoms with van der Waals surface area (Å²) in [6, 6.07) is 3.49. The summed E-state index contributed by atoms with van der Waals surface area (Å²) in [4.78, 5) is 0. The molecule has 0 aliphatic carbocycles. The van der Waals surface area contributed by atoms with E-state index >= 15 is 0 Å². The molecule has 0 aromatic heterocycles. The van der Waals surface area contributed by atoms with Crippen molar-refractivity contribution in [2.45, 2.75) is 6.18 Å². The van der Waals surface area contributed by atoms with Crippen molar-refractivity contribution >= 4 is 17.3 Å². The Morgan fingerprint density at radius 3 is 2.36 bits per heavy atom. The number of benzene rings is 1. The predicted octanol–water partition coefficient (Wildman–Crippen LogP) is 2.67. The Balaban J connectivity index is 3.22. The van der Waals surface area contributed by atoms with E-state index in [1.165, 1.54) is 19.2 Å². The maximum atomic E-state index is 12.3. The highest BCUT2D eigenvalue weighted by Crippen LogP contribution is 2.36. The second-order valence-corrected chi connectivity index (χ2v) is 3.18. The van der Waals surface area contributed by atoms with Crippen molar-refractivity contribution in [1.29, 1.82) is 0 Å². The lowest BCUT2D eigenvalue weighted by atomic mass is 10.2. The molecule has 14 heavy (non-hydrogen) atoms. The first kappa shape index (κ1) is 11.1. The van der Waals surface area contributed by atoms with Gasteiger partial charge in [-0.25, -0.2) is 5.84 Å². The lowest BCUT2D eigenvalue weighted by Crippen LogP contribution is -2.25. The molecule has 0 heterocycles. The average Bonchev–Trinajstić information content (AvgIpc) is 2.02. The van der Waals surface area contributed by atoms with Gasteiger partial charge in [0.15, 0.2) is 0 Å². The largest absolute Gasteiger partial charge is 0.417 e. The second kappa shape index (κ2) is 3.67. The number of nitrogens with two attached hydrogens (primary N) is 1. The molecule has 0 unspecified atom stereocenters. The maximum absolute atomic E-state index is 12.3. The Labute approximate surface area is 84.0 Å². The van der Waals surface area contributed by atoms with Gasteiger partial charge in [0.2, 0.25) is 0 Å². The van der Waals surface area contributed by atoms with Crippen LogP contribution in [0, 0.1) is 0 Å². The van der Waals surface area contributed by atoms with E-state index in [9.17, 15) is 13.2 Å². The molecule has 0 saturated heterocycles. The molecule has 2 nitrogen and oxygen atoms in total. The Morgan fingerprint density at radius 2 is 1.93 bits per heavy atom. The summed E-state index contributed by atoms with van der Waals surface area (Å²) in [6.45, 7) is 0. The van der Waals surface area contributed by atoms with Gasteiger partial charge in [0.05, 0.1) is 16.3 Å². The molecular weight excluding hydrogens is 217 g/mol. The van der Waals surface area contributed by atoms with Crippen LogP contribution in [0.4, 0.5) is 18.9 Å². The molecule has 1 aromatic rings. The van der Waals surface area contributed by atoms with E-state index in [4.69, 9.17) is 17.4 Å². The van der Waals surface area contributed by atoms with Gasteiger partial charge in [0, 0.05) is 7.05 Å². The molecule has 0 atom stereocenters. The van der Waals surface area contributed by atoms with E-state index in [1.54, 1.807) is 0 Å². The summed E-state index contributed by atoms with van der Waals surface area (Å²) in [5.41, 5.74) is -0.629. The van der Waals surface area contributed by atoms with Crippen LogP contribution in [0.1, 0.15) is 5.56 Å². The van der Waals surface area contributed by atoms with Crippen LogP contribution in [0.25, 0.3) is 0 Å². The van der Waals surface area contributed by atoms with Gasteiger partial charge >= 0.3 is 6.18 Å². The molecule has 78 valence electrons. The van der Waals surface area contributed by atoms with Crippen molar-refractivity contribution in [2.24, 2.45) is 5.84 Å². The van der Waals surface area contributed by atoms with Gasteiger partial charge in [-0.1, -0.05) is 11.6 Å². The zero-order valence-electron chi connectivity index (χ0n) is 7.27. The van der Waals surface area contributed by atoms with Crippen molar-refractivity contribution in [2.75, 3.05) is 12.1 Å². The van der Waals surface area contributed by atoms with Crippen molar-refractivity contribution in [3.8, 4) is 0 Å². The first-order valence-electron chi connectivity index (χ1n) is 3.67. The number of nitrogens with zero attached hydrogens (tertiary/aromatic N) is 1. The molecule has 0 aliphatic heterocycles. The molecule has 0 saturated carbocycles. The molecule has 0 spiro atoms. The number of anilines is 1. The average molecular weight is 225 g/mol. The Morgan fingerprint density at radius 1 is 1.36 bits per heavy atom. The van der Waals surface area contributed by atoms with Crippen molar-refractivity contribution in [1.82, 2.24) is 0 Å². The first-order valence-corrected chi connectivity index (χ1v) is 4.05. The highest BCUT2D eigenvalue weighted by Gasteiger charge is 2.33. The molecule has 2 N–H and O–H groups in total. The molecule has 6 heteroatoms. The molecule has 0 radical (unpaired) electrons. The summed E-state index contributed by atoms with van der Waals surface area (Å²) in [7, 11) is 1.45. The lowest BCUT2D eigenvalue weighted by molar-refractivity contribution is -0.137. The van der Waals surface area contributed by atoms with E-state index in [2.05, 4.69) is 0 Å². The smallest absolute Gasteiger partial charge is 0.314 e. The highest BCUT2D eigenvalue weighted by molar-refractivity contribution is 6.31. The molecular formula is C8H8ClF3N2. The third-order valence-electron chi connectivity index (χ3n) is 1.66. The number of alkyl halides is 3. The summed E-state index contributed by atoms with van der Waals surface area (Å²) < 4.78 is 37.0. The predicted molar refractivity (Wildman–Crippen MR) is 49.0 cm³/mol. The van der Waals surface area contributed by atoms with Crippen molar-refractivity contribution < 1.29 is 13.2 Å². The molecule has 1 rings (SSSR count). The molecule has 0 aliphatic rings. The number of hydrazine groups is 1. The van der Waals surface area contributed by atoms with Crippen molar-refractivity contribution in [3.05, 3.63) is 28.8 Å². The number of hydrogen-bond acceptors (Lipinski definition) is 2. The van der Waals surface area contributed by atoms with Gasteiger partial charge in [0.1, 0.15) is 0 Å². The van der Waals surface area contributed by atoms with Gasteiger partial charge in [-0.15, -0.1) is 0 Å². The summed E-state index contributed by atoms with van der Waals surface area (Å²) in [5.74, 6) is 5.30. The minimum absolute atomic E-state index is 0.252. The minimum Gasteiger partial charge on any atom is -0.314 e. The zero-order valence-corrected chi connectivity index (χ0v) is 8.02. The monoisotopic (exact) mass is 224 g/mol. The zero-order chi connectivity index (χ0) is 10.9. The van der Waals surface area contributed by atoms with Crippen LogP contribution in [0.15, 0.2) is 18.2 Å².